The zero-order valence-electron chi connectivity index (χ0n) is 32.3. The molecule has 0 aliphatic carbocycles. The molecule has 0 spiro atoms. The van der Waals surface area contributed by atoms with Crippen LogP contribution < -0.4 is 19.3 Å². The third-order valence-corrected chi connectivity index (χ3v) is 12.7. The van der Waals surface area contributed by atoms with Gasteiger partial charge >= 0.3 is 12.1 Å². The van der Waals surface area contributed by atoms with Gasteiger partial charge in [-0.1, -0.05) is 50.0 Å². The molecule has 0 radical (unpaired) electrons. The number of rotatable bonds is 11. The van der Waals surface area contributed by atoms with Crippen LogP contribution in [-0.2, 0) is 22.4 Å². The summed E-state index contributed by atoms with van der Waals surface area (Å²) in [5.74, 6) is 1.77. The Balaban J connectivity index is 1.17. The Bertz CT molecular complexity index is 1730. The van der Waals surface area contributed by atoms with Crippen LogP contribution in [0.5, 0.6) is 11.8 Å². The molecule has 0 unspecified atom stereocenters. The van der Waals surface area contributed by atoms with Gasteiger partial charge in [-0.2, -0.15) is 9.97 Å². The molecule has 1 aromatic heterocycles. The first kappa shape index (κ1) is 36.7. The van der Waals surface area contributed by atoms with Gasteiger partial charge in [0.25, 0.3) is 0 Å². The number of fused-ring (bicyclic) bond motifs is 4. The highest BCUT2D eigenvalue weighted by Gasteiger charge is 2.45. The first-order valence-electron chi connectivity index (χ1n) is 19.3. The second-order valence-electron chi connectivity index (χ2n) is 17.3. The monoisotopic (exact) mass is 730 g/mol. The highest BCUT2D eigenvalue weighted by atomic mass is 28.3. The van der Waals surface area contributed by atoms with Crippen LogP contribution in [0.15, 0.2) is 36.4 Å². The van der Waals surface area contributed by atoms with E-state index in [-0.39, 0.29) is 25.0 Å². The van der Waals surface area contributed by atoms with Crippen LogP contribution >= 0.6 is 0 Å². The lowest BCUT2D eigenvalue weighted by molar-refractivity contribution is 0.0122. The molecule has 12 heteroatoms. The van der Waals surface area contributed by atoms with Gasteiger partial charge in [0.2, 0.25) is 0 Å². The minimum Gasteiger partial charge on any atom is -0.465 e. The molecule has 0 saturated carbocycles. The highest BCUT2D eigenvalue weighted by Crippen LogP contribution is 2.41. The van der Waals surface area contributed by atoms with E-state index >= 15 is 0 Å². The SMILES string of the molecule is CN1CCC[C@H]1COc1nc2c(c(N3C[C@H]4CC[C@@H](C3)N4C(=O)OC(C)(C)C)n1)CCN(c1c(OCOCC[Si](C)(C)C)ccc3ccccc13)C2. The smallest absolute Gasteiger partial charge is 0.410 e. The van der Waals surface area contributed by atoms with E-state index in [1.54, 1.807) is 0 Å². The van der Waals surface area contributed by atoms with Crippen molar-refractivity contribution in [2.75, 3.05) is 63.0 Å². The van der Waals surface area contributed by atoms with Crippen molar-refractivity contribution in [2.45, 2.75) is 109 Å². The van der Waals surface area contributed by atoms with E-state index in [1.165, 1.54) is 17.4 Å². The van der Waals surface area contributed by atoms with Crippen molar-refractivity contribution < 1.29 is 23.7 Å². The minimum atomic E-state index is -1.20. The van der Waals surface area contributed by atoms with E-state index in [9.17, 15) is 4.79 Å². The van der Waals surface area contributed by atoms with Gasteiger partial charge in [0, 0.05) is 51.3 Å². The summed E-state index contributed by atoms with van der Waals surface area (Å²) in [4.78, 5) is 32.7. The minimum absolute atomic E-state index is 0.0826. The number of carbonyl (C=O) groups excluding carboxylic acids is 1. The molecule has 7 rings (SSSR count). The van der Waals surface area contributed by atoms with Gasteiger partial charge in [-0.15, -0.1) is 0 Å². The molecule has 2 bridgehead atoms. The van der Waals surface area contributed by atoms with Crippen LogP contribution in [0.1, 0.15) is 57.7 Å². The van der Waals surface area contributed by atoms with Crippen molar-refractivity contribution in [3.63, 3.8) is 0 Å². The average Bonchev–Trinajstić information content (AvgIpc) is 3.63. The van der Waals surface area contributed by atoms with Gasteiger partial charge in [-0.3, -0.25) is 4.90 Å². The standard InChI is InChI=1S/C40H58N6O5Si/c1-40(2,3)51-39(47)46-29-15-16-30(46)24-45(23-29)37-33-18-20-44(25-34(33)41-38(42-37)49-26-31-12-10-19-43(31)4)36-32-13-9-8-11-28(32)14-17-35(36)50-27-48-21-22-52(5,6)7/h8-9,11,13-14,17,29-31H,10,12,15-16,18-27H2,1-7H3/t29-,30+,31-/m0/s1. The first-order chi connectivity index (χ1) is 24.8. The van der Waals surface area contributed by atoms with Gasteiger partial charge in [0.1, 0.15) is 23.8 Å². The predicted molar refractivity (Wildman–Crippen MR) is 209 cm³/mol. The quantitative estimate of drug-likeness (QED) is 0.117. The highest BCUT2D eigenvalue weighted by molar-refractivity contribution is 6.76. The number of amides is 1. The van der Waals surface area contributed by atoms with E-state index in [1.807, 2.05) is 25.7 Å². The number of nitrogens with zero attached hydrogens (tertiary/aromatic N) is 6. The molecule has 11 nitrogen and oxygen atoms in total. The Morgan fingerprint density at radius 1 is 0.942 bits per heavy atom. The van der Waals surface area contributed by atoms with Crippen molar-refractivity contribution in [1.29, 1.82) is 0 Å². The van der Waals surface area contributed by atoms with Gasteiger partial charge in [-0.25, -0.2) is 4.79 Å². The summed E-state index contributed by atoms with van der Waals surface area (Å²) in [6.07, 6.45) is 4.80. The molecule has 3 atom stereocenters. The summed E-state index contributed by atoms with van der Waals surface area (Å²) >= 11 is 0. The molecule has 282 valence electrons. The average molecular weight is 731 g/mol. The predicted octanol–water partition coefficient (Wildman–Crippen LogP) is 6.94. The normalized spacial score (nSPS) is 22.2. The topological polar surface area (TPSA) is 92.7 Å². The number of hydrogen-bond acceptors (Lipinski definition) is 10. The molecular weight excluding hydrogens is 673 g/mol. The molecule has 4 aliphatic rings. The zero-order chi connectivity index (χ0) is 36.6. The van der Waals surface area contributed by atoms with Crippen LogP contribution in [0.25, 0.3) is 10.8 Å². The summed E-state index contributed by atoms with van der Waals surface area (Å²) in [7, 11) is 0.971. The van der Waals surface area contributed by atoms with Crippen molar-refractivity contribution in [3.8, 4) is 11.8 Å². The molecule has 0 N–H and O–H groups in total. The summed E-state index contributed by atoms with van der Waals surface area (Å²) in [5, 5.41) is 2.32. The maximum absolute atomic E-state index is 13.3. The number of ether oxygens (including phenoxy) is 4. The largest absolute Gasteiger partial charge is 0.465 e. The number of carbonyl (C=O) groups is 1. The third-order valence-electron chi connectivity index (χ3n) is 11.0. The molecule has 2 aromatic carbocycles. The zero-order valence-corrected chi connectivity index (χ0v) is 33.3. The van der Waals surface area contributed by atoms with Crippen molar-refractivity contribution >= 4 is 36.4 Å². The van der Waals surface area contributed by atoms with Crippen molar-refractivity contribution in [2.24, 2.45) is 0 Å². The van der Waals surface area contributed by atoms with Crippen molar-refractivity contribution in [3.05, 3.63) is 47.7 Å². The number of aromatic nitrogens is 2. The lowest BCUT2D eigenvalue weighted by Crippen LogP contribution is -2.57. The maximum Gasteiger partial charge on any atom is 0.410 e. The lowest BCUT2D eigenvalue weighted by Gasteiger charge is -2.43. The molecule has 1 amide bonds. The third kappa shape index (κ3) is 8.29. The fraction of sp³-hybridized carbons (Fsp3) is 0.625. The Morgan fingerprint density at radius 2 is 1.71 bits per heavy atom. The summed E-state index contributed by atoms with van der Waals surface area (Å²) < 4.78 is 24.6. The Morgan fingerprint density at radius 3 is 2.42 bits per heavy atom. The number of likely N-dealkylation sites (N-methyl/N-ethyl adjacent to an activating group) is 1. The van der Waals surface area contributed by atoms with Gasteiger partial charge in [0.15, 0.2) is 6.79 Å². The summed E-state index contributed by atoms with van der Waals surface area (Å²) in [6, 6.07) is 14.8. The molecular formula is C40H58N6O5Si. The molecule has 5 heterocycles. The van der Waals surface area contributed by atoms with E-state index < -0.39 is 13.7 Å². The summed E-state index contributed by atoms with van der Waals surface area (Å²) in [6.45, 7) is 18.3. The maximum atomic E-state index is 13.3. The number of benzene rings is 2. The van der Waals surface area contributed by atoms with Crippen LogP contribution in [0, 0.1) is 0 Å². The molecule has 3 saturated heterocycles. The first-order valence-corrected chi connectivity index (χ1v) is 23.0. The fourth-order valence-corrected chi connectivity index (χ4v) is 8.93. The number of anilines is 2. The number of likely N-dealkylation sites (tertiary alicyclic amines) is 1. The van der Waals surface area contributed by atoms with Crippen LogP contribution in [0.3, 0.4) is 0 Å². The molecule has 52 heavy (non-hydrogen) atoms. The molecule has 3 fully saturated rings. The van der Waals surface area contributed by atoms with Crippen LogP contribution in [0.2, 0.25) is 25.7 Å². The Labute approximate surface area is 310 Å². The lowest BCUT2D eigenvalue weighted by atomic mass is 10.0. The Hall–Kier alpha value is -3.61. The fourth-order valence-electron chi connectivity index (χ4n) is 8.17. The van der Waals surface area contributed by atoms with Gasteiger partial charge in [0.05, 0.1) is 30.0 Å². The van der Waals surface area contributed by atoms with E-state index in [4.69, 9.17) is 28.9 Å². The Kier molecular flexibility index (Phi) is 10.6. The number of piperazine rings is 1. The molecule has 4 aliphatic heterocycles. The van der Waals surface area contributed by atoms with Crippen molar-refractivity contribution in [1.82, 2.24) is 19.8 Å². The van der Waals surface area contributed by atoms with Gasteiger partial charge < -0.3 is 33.6 Å². The van der Waals surface area contributed by atoms with Crippen LogP contribution in [0.4, 0.5) is 16.3 Å². The second-order valence-corrected chi connectivity index (χ2v) is 22.9. The van der Waals surface area contributed by atoms with E-state index in [0.717, 1.165) is 73.2 Å². The second kappa shape index (κ2) is 15.0. The van der Waals surface area contributed by atoms with E-state index in [2.05, 4.69) is 77.8 Å². The summed E-state index contributed by atoms with van der Waals surface area (Å²) in [5.41, 5.74) is 2.69. The van der Waals surface area contributed by atoms with Crippen LogP contribution in [-0.4, -0.2) is 111 Å². The van der Waals surface area contributed by atoms with Gasteiger partial charge in [-0.05, 0) is 84.0 Å². The molecule has 3 aromatic rings. The number of hydrogen-bond donors (Lipinski definition) is 0. The van der Waals surface area contributed by atoms with E-state index in [0.29, 0.717) is 44.9 Å².